The van der Waals surface area contributed by atoms with Gasteiger partial charge >= 0.3 is 5.97 Å². The molecule has 1 rings (SSSR count). The molecule has 0 atom stereocenters. The van der Waals surface area contributed by atoms with Gasteiger partial charge in [0.25, 0.3) is 0 Å². The lowest BCUT2D eigenvalue weighted by Crippen LogP contribution is -2.37. The molecule has 0 aromatic carbocycles. The van der Waals surface area contributed by atoms with Crippen molar-refractivity contribution in [2.24, 2.45) is 0 Å². The number of rotatable bonds is 7. The molecule has 0 saturated carbocycles. The highest BCUT2D eigenvalue weighted by Crippen LogP contribution is 2.09. The summed E-state index contributed by atoms with van der Waals surface area (Å²) in [5.41, 5.74) is 0.404. The lowest BCUT2D eigenvalue weighted by atomic mass is 10.2. The molecule has 1 aromatic heterocycles. The SMILES string of the molecule is COCCNC(=O)CN(C)c1ncc(C(=O)O)c(C)n1. The van der Waals surface area contributed by atoms with Crippen molar-refractivity contribution in [3.63, 3.8) is 0 Å². The van der Waals surface area contributed by atoms with Crippen LogP contribution in [0.15, 0.2) is 6.20 Å². The highest BCUT2D eigenvalue weighted by Gasteiger charge is 2.14. The Bertz CT molecular complexity index is 492. The van der Waals surface area contributed by atoms with Crippen molar-refractivity contribution in [3.05, 3.63) is 17.5 Å². The molecule has 1 aromatic rings. The lowest BCUT2D eigenvalue weighted by molar-refractivity contribution is -0.119. The van der Waals surface area contributed by atoms with E-state index in [1.807, 2.05) is 0 Å². The number of carbonyl (C=O) groups excluding carboxylic acids is 1. The van der Waals surface area contributed by atoms with Crippen molar-refractivity contribution in [1.82, 2.24) is 15.3 Å². The largest absolute Gasteiger partial charge is 0.478 e. The van der Waals surface area contributed by atoms with E-state index in [0.29, 0.717) is 24.8 Å². The number of amides is 1. The van der Waals surface area contributed by atoms with Gasteiger partial charge in [0.05, 0.1) is 24.4 Å². The van der Waals surface area contributed by atoms with Crippen LogP contribution in [0.4, 0.5) is 5.95 Å². The van der Waals surface area contributed by atoms with Crippen LogP contribution in [0.25, 0.3) is 0 Å². The maximum atomic E-state index is 11.6. The van der Waals surface area contributed by atoms with Gasteiger partial charge in [-0.2, -0.15) is 0 Å². The molecule has 8 heteroatoms. The molecule has 0 unspecified atom stereocenters. The predicted molar refractivity (Wildman–Crippen MR) is 71.9 cm³/mol. The molecule has 20 heavy (non-hydrogen) atoms. The molecular formula is C12H18N4O4. The van der Waals surface area contributed by atoms with Crippen LogP contribution in [0.1, 0.15) is 16.1 Å². The molecule has 0 aliphatic carbocycles. The fourth-order valence-electron chi connectivity index (χ4n) is 1.48. The quantitative estimate of drug-likeness (QED) is 0.660. The van der Waals surface area contributed by atoms with Gasteiger partial charge in [-0.05, 0) is 6.92 Å². The van der Waals surface area contributed by atoms with Crippen LogP contribution in [0.3, 0.4) is 0 Å². The minimum atomic E-state index is -1.07. The highest BCUT2D eigenvalue weighted by atomic mass is 16.5. The topological polar surface area (TPSA) is 105 Å². The third-order valence-electron chi connectivity index (χ3n) is 2.55. The standard InChI is InChI=1S/C12H18N4O4/c1-8-9(11(18)19)6-14-12(15-8)16(2)7-10(17)13-4-5-20-3/h6H,4-5,7H2,1-3H3,(H,13,17)(H,18,19). The summed E-state index contributed by atoms with van der Waals surface area (Å²) in [6.45, 7) is 2.54. The third-order valence-corrected chi connectivity index (χ3v) is 2.55. The number of aromatic carboxylic acids is 1. The number of aromatic nitrogens is 2. The van der Waals surface area contributed by atoms with Crippen molar-refractivity contribution in [2.45, 2.75) is 6.92 Å². The molecule has 2 N–H and O–H groups in total. The number of carboxylic acids is 1. The van der Waals surface area contributed by atoms with Gasteiger partial charge < -0.3 is 20.1 Å². The van der Waals surface area contributed by atoms with E-state index < -0.39 is 5.97 Å². The third kappa shape index (κ3) is 4.47. The van der Waals surface area contributed by atoms with Gasteiger partial charge in [-0.3, -0.25) is 4.79 Å². The Labute approximate surface area is 116 Å². The summed E-state index contributed by atoms with van der Waals surface area (Å²) in [5.74, 6) is -0.962. The second-order valence-electron chi connectivity index (χ2n) is 4.17. The minimum Gasteiger partial charge on any atom is -0.478 e. The Morgan fingerprint density at radius 3 is 2.75 bits per heavy atom. The fraction of sp³-hybridized carbons (Fsp3) is 0.500. The number of carbonyl (C=O) groups is 2. The maximum Gasteiger partial charge on any atom is 0.339 e. The van der Waals surface area contributed by atoms with Gasteiger partial charge in [0.1, 0.15) is 0 Å². The first-order valence-corrected chi connectivity index (χ1v) is 5.99. The van der Waals surface area contributed by atoms with Crippen LogP contribution < -0.4 is 10.2 Å². The van der Waals surface area contributed by atoms with Crippen molar-refractivity contribution in [3.8, 4) is 0 Å². The first-order chi connectivity index (χ1) is 9.45. The van der Waals surface area contributed by atoms with E-state index in [0.717, 1.165) is 0 Å². The molecule has 1 amide bonds. The van der Waals surface area contributed by atoms with Crippen molar-refractivity contribution < 1.29 is 19.4 Å². The van der Waals surface area contributed by atoms with Gasteiger partial charge in [-0.1, -0.05) is 0 Å². The Morgan fingerprint density at radius 2 is 2.20 bits per heavy atom. The second kappa shape index (κ2) is 7.39. The normalized spacial score (nSPS) is 10.2. The van der Waals surface area contributed by atoms with Crippen LogP contribution in [-0.2, 0) is 9.53 Å². The molecule has 8 nitrogen and oxygen atoms in total. The molecule has 0 fully saturated rings. The smallest absolute Gasteiger partial charge is 0.339 e. The summed E-state index contributed by atoms with van der Waals surface area (Å²) < 4.78 is 4.82. The summed E-state index contributed by atoms with van der Waals surface area (Å²) in [7, 11) is 3.21. The molecule has 0 aliphatic heterocycles. The number of hydrogen-bond acceptors (Lipinski definition) is 6. The Hall–Kier alpha value is -2.22. The lowest BCUT2D eigenvalue weighted by Gasteiger charge is -2.17. The van der Waals surface area contributed by atoms with E-state index in [2.05, 4.69) is 15.3 Å². The van der Waals surface area contributed by atoms with Gasteiger partial charge in [-0.15, -0.1) is 0 Å². The van der Waals surface area contributed by atoms with Crippen LogP contribution >= 0.6 is 0 Å². The summed E-state index contributed by atoms with van der Waals surface area (Å²) in [6, 6.07) is 0. The Morgan fingerprint density at radius 1 is 1.50 bits per heavy atom. The molecule has 0 saturated heterocycles. The molecule has 0 bridgehead atoms. The molecule has 110 valence electrons. The number of nitrogens with one attached hydrogen (secondary N) is 1. The minimum absolute atomic E-state index is 0.0479. The van der Waals surface area contributed by atoms with E-state index in [-0.39, 0.29) is 18.0 Å². The number of nitrogens with zero attached hydrogens (tertiary/aromatic N) is 3. The zero-order valence-corrected chi connectivity index (χ0v) is 11.7. The van der Waals surface area contributed by atoms with Crippen LogP contribution in [0, 0.1) is 6.92 Å². The van der Waals surface area contributed by atoms with Crippen LogP contribution in [0.2, 0.25) is 0 Å². The van der Waals surface area contributed by atoms with E-state index >= 15 is 0 Å². The molecule has 1 heterocycles. The zero-order chi connectivity index (χ0) is 15.1. The van der Waals surface area contributed by atoms with Gasteiger partial charge in [0.15, 0.2) is 0 Å². The maximum absolute atomic E-state index is 11.6. The van der Waals surface area contributed by atoms with Gasteiger partial charge in [-0.25, -0.2) is 14.8 Å². The van der Waals surface area contributed by atoms with Gasteiger partial charge in [0.2, 0.25) is 11.9 Å². The molecule has 0 radical (unpaired) electrons. The van der Waals surface area contributed by atoms with Crippen molar-refractivity contribution in [1.29, 1.82) is 0 Å². The first-order valence-electron chi connectivity index (χ1n) is 5.99. The van der Waals surface area contributed by atoms with Crippen molar-refractivity contribution in [2.75, 3.05) is 38.8 Å². The number of ether oxygens (including phenoxy) is 1. The zero-order valence-electron chi connectivity index (χ0n) is 11.7. The average Bonchev–Trinajstić information content (AvgIpc) is 2.38. The number of hydrogen-bond donors (Lipinski definition) is 2. The first kappa shape index (κ1) is 15.8. The summed E-state index contributed by atoms with van der Waals surface area (Å²) in [5, 5.41) is 11.6. The van der Waals surface area contributed by atoms with E-state index in [4.69, 9.17) is 9.84 Å². The monoisotopic (exact) mass is 282 g/mol. The second-order valence-corrected chi connectivity index (χ2v) is 4.17. The number of anilines is 1. The summed E-state index contributed by atoms with van der Waals surface area (Å²) in [4.78, 5) is 32.0. The average molecular weight is 282 g/mol. The molecule has 0 aliphatic rings. The van der Waals surface area contributed by atoms with E-state index in [1.165, 1.54) is 6.20 Å². The summed E-state index contributed by atoms with van der Waals surface area (Å²) >= 11 is 0. The van der Waals surface area contributed by atoms with Crippen LogP contribution in [0.5, 0.6) is 0 Å². The number of carboxylic acid groups (broad SMARTS) is 1. The molecule has 0 spiro atoms. The van der Waals surface area contributed by atoms with Gasteiger partial charge in [0, 0.05) is 26.9 Å². The van der Waals surface area contributed by atoms with Crippen LogP contribution in [-0.4, -0.2) is 60.8 Å². The molecular weight excluding hydrogens is 264 g/mol. The summed E-state index contributed by atoms with van der Waals surface area (Å²) in [6.07, 6.45) is 1.24. The van der Waals surface area contributed by atoms with E-state index in [9.17, 15) is 9.59 Å². The Balaban J connectivity index is 2.63. The fourth-order valence-corrected chi connectivity index (χ4v) is 1.48. The Kier molecular flexibility index (Phi) is 5.85. The predicted octanol–water partition coefficient (Wildman–Crippen LogP) is -0.318. The van der Waals surface area contributed by atoms with E-state index in [1.54, 1.807) is 26.0 Å². The highest BCUT2D eigenvalue weighted by molar-refractivity contribution is 5.88. The number of likely N-dealkylation sites (N-methyl/N-ethyl adjacent to an activating group) is 1. The number of methoxy groups -OCH3 is 1. The number of aryl methyl sites for hydroxylation is 1. The van der Waals surface area contributed by atoms with Crippen molar-refractivity contribution >= 4 is 17.8 Å².